The van der Waals surface area contributed by atoms with E-state index in [2.05, 4.69) is 5.32 Å². The maximum atomic E-state index is 13.4. The van der Waals surface area contributed by atoms with Crippen molar-refractivity contribution in [3.8, 4) is 11.5 Å². The van der Waals surface area contributed by atoms with Crippen LogP contribution in [0.15, 0.2) is 107 Å². The molecule has 0 unspecified atom stereocenters. The maximum absolute atomic E-state index is 13.4. The van der Waals surface area contributed by atoms with Crippen LogP contribution in [0, 0.1) is 0 Å². The number of fused-ring (bicyclic) bond motifs is 3. The molecule has 0 saturated carbocycles. The molecule has 6 rings (SSSR count). The van der Waals surface area contributed by atoms with Gasteiger partial charge in [0.1, 0.15) is 28.2 Å². The SMILES string of the molecule is O=C1NC(=S)N(c2ccc(Oc3ccccc3)cc2)C(=O)/C1=C\c1ccc2oc3ccccc3c2c1. The lowest BCUT2D eigenvalue weighted by Gasteiger charge is -2.29. The van der Waals surface area contributed by atoms with Gasteiger partial charge in [0.15, 0.2) is 5.11 Å². The number of carbonyl (C=O) groups is 2. The number of hydrogen-bond donors (Lipinski definition) is 1. The summed E-state index contributed by atoms with van der Waals surface area (Å²) in [6.45, 7) is 0. The highest BCUT2D eigenvalue weighted by Gasteiger charge is 2.34. The van der Waals surface area contributed by atoms with Gasteiger partial charge >= 0.3 is 0 Å². The molecule has 0 radical (unpaired) electrons. The summed E-state index contributed by atoms with van der Waals surface area (Å²) in [6.07, 6.45) is 1.57. The Morgan fingerprint density at radius 2 is 1.47 bits per heavy atom. The summed E-state index contributed by atoms with van der Waals surface area (Å²) in [5, 5.41) is 4.52. The zero-order valence-electron chi connectivity index (χ0n) is 18.8. The number of para-hydroxylation sites is 2. The number of rotatable bonds is 4. The molecule has 0 spiro atoms. The molecular weight excluding hydrogens is 472 g/mol. The monoisotopic (exact) mass is 490 g/mol. The number of nitrogens with zero attached hydrogens (tertiary/aromatic N) is 1. The first kappa shape index (κ1) is 21.8. The highest BCUT2D eigenvalue weighted by Crippen LogP contribution is 2.31. The van der Waals surface area contributed by atoms with Gasteiger partial charge in [-0.15, -0.1) is 0 Å². The van der Waals surface area contributed by atoms with Gasteiger partial charge < -0.3 is 9.15 Å². The third-order valence-corrected chi connectivity index (χ3v) is 6.17. The molecule has 174 valence electrons. The third kappa shape index (κ3) is 3.91. The molecule has 4 aromatic carbocycles. The lowest BCUT2D eigenvalue weighted by Crippen LogP contribution is -2.54. The van der Waals surface area contributed by atoms with E-state index in [1.54, 1.807) is 30.3 Å². The highest BCUT2D eigenvalue weighted by molar-refractivity contribution is 7.80. The number of amides is 2. The minimum absolute atomic E-state index is 0.0136. The summed E-state index contributed by atoms with van der Waals surface area (Å²) in [4.78, 5) is 27.4. The summed E-state index contributed by atoms with van der Waals surface area (Å²) in [7, 11) is 0. The second kappa shape index (κ2) is 8.79. The van der Waals surface area contributed by atoms with Crippen molar-refractivity contribution in [2.45, 2.75) is 0 Å². The zero-order chi connectivity index (χ0) is 24.6. The highest BCUT2D eigenvalue weighted by atomic mass is 32.1. The van der Waals surface area contributed by atoms with Crippen LogP contribution in [0.1, 0.15) is 5.56 Å². The lowest BCUT2D eigenvalue weighted by atomic mass is 10.0. The topological polar surface area (TPSA) is 71.8 Å². The van der Waals surface area contributed by atoms with E-state index in [-0.39, 0.29) is 10.7 Å². The Bertz CT molecular complexity index is 1690. The Kier molecular flexibility index (Phi) is 5.32. The molecule has 5 aromatic rings. The molecule has 2 heterocycles. The molecule has 0 atom stereocenters. The molecule has 1 N–H and O–H groups in total. The van der Waals surface area contributed by atoms with Crippen LogP contribution in [0.2, 0.25) is 0 Å². The predicted molar refractivity (Wildman–Crippen MR) is 143 cm³/mol. The van der Waals surface area contributed by atoms with Crippen LogP contribution >= 0.6 is 12.2 Å². The van der Waals surface area contributed by atoms with Crippen molar-refractivity contribution in [2.24, 2.45) is 0 Å². The lowest BCUT2D eigenvalue weighted by molar-refractivity contribution is -0.122. The van der Waals surface area contributed by atoms with Crippen LogP contribution in [0.25, 0.3) is 28.0 Å². The summed E-state index contributed by atoms with van der Waals surface area (Å²) in [5.41, 5.74) is 2.72. The van der Waals surface area contributed by atoms with Crippen molar-refractivity contribution in [1.29, 1.82) is 0 Å². The second-order valence-electron chi connectivity index (χ2n) is 8.22. The van der Waals surface area contributed by atoms with E-state index in [0.717, 1.165) is 21.9 Å². The Hall–Kier alpha value is -4.75. The number of hydrogen-bond acceptors (Lipinski definition) is 5. The van der Waals surface area contributed by atoms with Crippen LogP contribution in [-0.2, 0) is 9.59 Å². The minimum atomic E-state index is -0.539. The van der Waals surface area contributed by atoms with E-state index in [1.165, 1.54) is 4.90 Å². The zero-order valence-corrected chi connectivity index (χ0v) is 19.6. The van der Waals surface area contributed by atoms with Crippen LogP contribution in [0.4, 0.5) is 5.69 Å². The number of furan rings is 1. The Balaban J connectivity index is 1.31. The van der Waals surface area contributed by atoms with Crippen LogP contribution in [0.5, 0.6) is 11.5 Å². The standard InChI is InChI=1S/C29H18N2O4S/c32-27-24(17-18-10-15-26-23(16-18)22-8-4-5-9-25(22)35-26)28(33)31(29(36)30-27)19-11-13-21(14-12-19)34-20-6-2-1-3-7-20/h1-17H,(H,30,32,36)/b24-17-. The molecule has 7 heteroatoms. The van der Waals surface area contributed by atoms with Gasteiger partial charge in [-0.2, -0.15) is 0 Å². The molecule has 1 aromatic heterocycles. The van der Waals surface area contributed by atoms with Gasteiger partial charge in [-0.05, 0) is 78.5 Å². The molecule has 0 aliphatic carbocycles. The Morgan fingerprint density at radius 1 is 0.778 bits per heavy atom. The Labute approximate surface area is 211 Å². The fourth-order valence-corrected chi connectivity index (χ4v) is 4.46. The fraction of sp³-hybridized carbons (Fsp3) is 0. The molecule has 6 nitrogen and oxygen atoms in total. The number of anilines is 1. The predicted octanol–water partition coefficient (Wildman–Crippen LogP) is 6.21. The molecule has 36 heavy (non-hydrogen) atoms. The smallest absolute Gasteiger partial charge is 0.270 e. The molecule has 1 saturated heterocycles. The molecule has 1 fully saturated rings. The van der Waals surface area contributed by atoms with E-state index in [0.29, 0.717) is 22.7 Å². The molecule has 1 aliphatic heterocycles. The fourth-order valence-electron chi connectivity index (χ4n) is 4.18. The van der Waals surface area contributed by atoms with E-state index < -0.39 is 11.8 Å². The van der Waals surface area contributed by atoms with Crippen molar-refractivity contribution in [1.82, 2.24) is 5.32 Å². The van der Waals surface area contributed by atoms with E-state index >= 15 is 0 Å². The molecule has 2 amide bonds. The van der Waals surface area contributed by atoms with Gasteiger partial charge in [-0.3, -0.25) is 19.8 Å². The maximum Gasteiger partial charge on any atom is 0.270 e. The van der Waals surface area contributed by atoms with Crippen LogP contribution in [-0.4, -0.2) is 16.9 Å². The molecule has 0 bridgehead atoms. The summed E-state index contributed by atoms with van der Waals surface area (Å²) < 4.78 is 11.7. The second-order valence-corrected chi connectivity index (χ2v) is 8.61. The van der Waals surface area contributed by atoms with Crippen molar-refractivity contribution < 1.29 is 18.7 Å². The summed E-state index contributed by atoms with van der Waals surface area (Å²) in [5.74, 6) is 0.274. The first-order chi connectivity index (χ1) is 17.6. The van der Waals surface area contributed by atoms with Gasteiger partial charge in [-0.25, -0.2) is 0 Å². The number of benzene rings is 4. The van der Waals surface area contributed by atoms with E-state index in [1.807, 2.05) is 72.8 Å². The van der Waals surface area contributed by atoms with E-state index in [9.17, 15) is 9.59 Å². The quantitative estimate of drug-likeness (QED) is 0.184. The average molecular weight is 491 g/mol. The Morgan fingerprint density at radius 3 is 2.28 bits per heavy atom. The van der Waals surface area contributed by atoms with Crippen LogP contribution in [0.3, 0.4) is 0 Å². The third-order valence-electron chi connectivity index (χ3n) is 5.89. The molecular formula is C29H18N2O4S. The largest absolute Gasteiger partial charge is 0.457 e. The van der Waals surface area contributed by atoms with Crippen molar-refractivity contribution in [2.75, 3.05) is 4.90 Å². The first-order valence-corrected chi connectivity index (χ1v) is 11.6. The van der Waals surface area contributed by atoms with Gasteiger partial charge in [-0.1, -0.05) is 42.5 Å². The number of nitrogens with one attached hydrogen (secondary N) is 1. The van der Waals surface area contributed by atoms with E-state index in [4.69, 9.17) is 21.4 Å². The molecule has 1 aliphatic rings. The summed E-state index contributed by atoms with van der Waals surface area (Å²) in [6, 6.07) is 29.6. The number of carbonyl (C=O) groups excluding carboxylic acids is 2. The van der Waals surface area contributed by atoms with Gasteiger partial charge in [0.25, 0.3) is 11.8 Å². The number of ether oxygens (including phenoxy) is 1. The van der Waals surface area contributed by atoms with Crippen LogP contribution < -0.4 is 15.0 Å². The number of thiocarbonyl (C=S) groups is 1. The van der Waals surface area contributed by atoms with Gasteiger partial charge in [0.2, 0.25) is 0 Å². The van der Waals surface area contributed by atoms with Gasteiger partial charge in [0, 0.05) is 10.8 Å². The van der Waals surface area contributed by atoms with Crippen molar-refractivity contribution in [3.05, 3.63) is 108 Å². The van der Waals surface area contributed by atoms with Crippen molar-refractivity contribution >= 4 is 62.8 Å². The minimum Gasteiger partial charge on any atom is -0.457 e. The summed E-state index contributed by atoms with van der Waals surface area (Å²) >= 11 is 5.33. The van der Waals surface area contributed by atoms with Crippen molar-refractivity contribution in [3.63, 3.8) is 0 Å². The first-order valence-electron chi connectivity index (χ1n) is 11.2. The average Bonchev–Trinajstić information content (AvgIpc) is 3.26. The normalized spacial score (nSPS) is 15.1. The van der Waals surface area contributed by atoms with Gasteiger partial charge in [0.05, 0.1) is 5.69 Å².